The molecule has 1 heterocycles. The van der Waals surface area contributed by atoms with Gasteiger partial charge in [-0.05, 0) is 74.9 Å². The highest BCUT2D eigenvalue weighted by Crippen LogP contribution is 2.40. The first-order chi connectivity index (χ1) is 7.45. The Bertz CT molecular complexity index is 493. The van der Waals surface area contributed by atoms with Gasteiger partial charge in [-0.15, -0.1) is 0 Å². The average Bonchev–Trinajstić information content (AvgIpc) is 2.27. The van der Waals surface area contributed by atoms with Gasteiger partial charge < -0.3 is 4.74 Å². The van der Waals surface area contributed by atoms with Crippen LogP contribution < -0.4 is 4.74 Å². The Hall–Kier alpha value is -1.24. The number of allylic oxidation sites excluding steroid dienone is 1. The van der Waals surface area contributed by atoms with Gasteiger partial charge in [0.2, 0.25) is 0 Å². The fourth-order valence-corrected chi connectivity index (χ4v) is 2.41. The fourth-order valence-electron chi connectivity index (χ4n) is 2.41. The van der Waals surface area contributed by atoms with E-state index in [0.717, 1.165) is 12.4 Å². The van der Waals surface area contributed by atoms with Crippen LogP contribution in [0.2, 0.25) is 0 Å². The molecule has 0 N–H and O–H groups in total. The third-order valence-corrected chi connectivity index (χ3v) is 4.08. The van der Waals surface area contributed by atoms with Crippen LogP contribution in [-0.4, -0.2) is 6.61 Å². The number of benzene rings is 1. The van der Waals surface area contributed by atoms with Gasteiger partial charge in [0, 0.05) is 5.56 Å². The molecule has 1 aliphatic rings. The van der Waals surface area contributed by atoms with Crippen LogP contribution in [0.25, 0.3) is 5.57 Å². The molecule has 1 aromatic rings. The van der Waals surface area contributed by atoms with Crippen LogP contribution in [-0.2, 0) is 0 Å². The predicted molar refractivity (Wildman–Crippen MR) is 69.2 cm³/mol. The van der Waals surface area contributed by atoms with E-state index in [4.69, 9.17) is 4.74 Å². The second-order valence-electron chi connectivity index (χ2n) is 4.90. The van der Waals surface area contributed by atoms with Crippen molar-refractivity contribution in [1.82, 2.24) is 0 Å². The van der Waals surface area contributed by atoms with E-state index in [-0.39, 0.29) is 0 Å². The lowest BCUT2D eigenvalue weighted by Crippen LogP contribution is -2.12. The molecule has 0 saturated heterocycles. The number of fused-ring (bicyclic) bond motifs is 1. The van der Waals surface area contributed by atoms with Crippen molar-refractivity contribution in [2.24, 2.45) is 0 Å². The molecule has 0 saturated carbocycles. The lowest BCUT2D eigenvalue weighted by Gasteiger charge is -2.26. The van der Waals surface area contributed by atoms with E-state index in [1.54, 1.807) is 0 Å². The summed E-state index contributed by atoms with van der Waals surface area (Å²) in [6.45, 7) is 13.8. The van der Waals surface area contributed by atoms with Gasteiger partial charge in [0.1, 0.15) is 12.4 Å². The maximum Gasteiger partial charge on any atom is 0.130 e. The zero-order valence-electron chi connectivity index (χ0n) is 11.1. The average molecular weight is 216 g/mol. The molecule has 0 aliphatic carbocycles. The lowest BCUT2D eigenvalue weighted by molar-refractivity contribution is 0.342. The Morgan fingerprint density at radius 1 is 0.750 bits per heavy atom. The van der Waals surface area contributed by atoms with Gasteiger partial charge in [-0.25, -0.2) is 0 Å². The highest BCUT2D eigenvalue weighted by Gasteiger charge is 2.21. The largest absolute Gasteiger partial charge is 0.488 e. The van der Waals surface area contributed by atoms with Crippen LogP contribution in [0.4, 0.5) is 0 Å². The van der Waals surface area contributed by atoms with Crippen molar-refractivity contribution in [2.45, 2.75) is 41.5 Å². The molecule has 0 fully saturated rings. The summed E-state index contributed by atoms with van der Waals surface area (Å²) < 4.78 is 5.90. The molecular formula is C15H20O. The minimum atomic E-state index is 0.738. The van der Waals surface area contributed by atoms with Crippen LogP contribution in [0.15, 0.2) is 5.57 Å². The maximum absolute atomic E-state index is 5.90. The monoisotopic (exact) mass is 216 g/mol. The summed E-state index contributed by atoms with van der Waals surface area (Å²) in [5, 5.41) is 0. The zero-order chi connectivity index (χ0) is 12.0. The summed E-state index contributed by atoms with van der Waals surface area (Å²) in [4.78, 5) is 0. The van der Waals surface area contributed by atoms with E-state index in [9.17, 15) is 0 Å². The summed E-state index contributed by atoms with van der Waals surface area (Å²) >= 11 is 0. The van der Waals surface area contributed by atoms with Crippen molar-refractivity contribution in [2.75, 3.05) is 6.61 Å². The number of hydrogen-bond donors (Lipinski definition) is 0. The Balaban J connectivity index is 2.85. The number of rotatable bonds is 0. The SMILES string of the molecule is CC1=C(C)c2c(C)c(C)c(C)c(C)c2OC1. The molecule has 0 atom stereocenters. The highest BCUT2D eigenvalue weighted by molar-refractivity contribution is 5.78. The van der Waals surface area contributed by atoms with E-state index in [0.29, 0.717) is 0 Å². The second kappa shape index (κ2) is 3.65. The minimum absolute atomic E-state index is 0.738. The zero-order valence-corrected chi connectivity index (χ0v) is 11.1. The fraction of sp³-hybridized carbons (Fsp3) is 0.467. The molecule has 1 nitrogen and oxygen atoms in total. The molecule has 0 amide bonds. The van der Waals surface area contributed by atoms with Crippen molar-refractivity contribution in [3.05, 3.63) is 33.4 Å². The Morgan fingerprint density at radius 2 is 1.31 bits per heavy atom. The third kappa shape index (κ3) is 1.38. The maximum atomic E-state index is 5.90. The second-order valence-corrected chi connectivity index (χ2v) is 4.90. The topological polar surface area (TPSA) is 9.23 Å². The molecule has 86 valence electrons. The third-order valence-electron chi connectivity index (χ3n) is 4.08. The van der Waals surface area contributed by atoms with Gasteiger partial charge in [-0.3, -0.25) is 0 Å². The standard InChI is InChI=1S/C15H20O/c1-8-7-16-15-13(6)11(4)10(3)12(5)14(15)9(8)2/h7H2,1-6H3. The van der Waals surface area contributed by atoms with Gasteiger partial charge in [0.05, 0.1) is 0 Å². The molecule has 0 bridgehead atoms. The summed E-state index contributed by atoms with van der Waals surface area (Å²) in [6.07, 6.45) is 0. The van der Waals surface area contributed by atoms with E-state index in [1.165, 1.54) is 39.0 Å². The van der Waals surface area contributed by atoms with Crippen LogP contribution in [0.5, 0.6) is 5.75 Å². The molecule has 0 spiro atoms. The van der Waals surface area contributed by atoms with Crippen molar-refractivity contribution in [1.29, 1.82) is 0 Å². The highest BCUT2D eigenvalue weighted by atomic mass is 16.5. The first-order valence-corrected chi connectivity index (χ1v) is 5.85. The van der Waals surface area contributed by atoms with E-state index in [2.05, 4.69) is 41.5 Å². The first-order valence-electron chi connectivity index (χ1n) is 5.85. The van der Waals surface area contributed by atoms with Gasteiger partial charge in [-0.1, -0.05) is 0 Å². The Morgan fingerprint density at radius 3 is 1.94 bits per heavy atom. The minimum Gasteiger partial charge on any atom is -0.488 e. The summed E-state index contributed by atoms with van der Waals surface area (Å²) in [5.74, 6) is 1.10. The van der Waals surface area contributed by atoms with Gasteiger partial charge in [0.15, 0.2) is 0 Å². The van der Waals surface area contributed by atoms with E-state index >= 15 is 0 Å². The van der Waals surface area contributed by atoms with Crippen LogP contribution in [0.1, 0.15) is 41.7 Å². The van der Waals surface area contributed by atoms with Crippen molar-refractivity contribution in [3.8, 4) is 5.75 Å². The van der Waals surface area contributed by atoms with Crippen molar-refractivity contribution >= 4 is 5.57 Å². The summed E-state index contributed by atoms with van der Waals surface area (Å²) in [6, 6.07) is 0. The van der Waals surface area contributed by atoms with Gasteiger partial charge in [-0.2, -0.15) is 0 Å². The van der Waals surface area contributed by atoms with E-state index in [1.807, 2.05) is 0 Å². The van der Waals surface area contributed by atoms with E-state index < -0.39 is 0 Å². The Labute approximate surface area is 98.1 Å². The molecule has 1 heteroatoms. The molecule has 16 heavy (non-hydrogen) atoms. The molecule has 0 radical (unpaired) electrons. The van der Waals surface area contributed by atoms with Gasteiger partial charge >= 0.3 is 0 Å². The quantitative estimate of drug-likeness (QED) is 0.634. The molecule has 0 aromatic heterocycles. The van der Waals surface area contributed by atoms with Crippen molar-refractivity contribution < 1.29 is 4.74 Å². The predicted octanol–water partition coefficient (Wildman–Crippen LogP) is 4.11. The first kappa shape index (κ1) is 11.3. The number of ether oxygens (including phenoxy) is 1. The van der Waals surface area contributed by atoms with Crippen LogP contribution >= 0.6 is 0 Å². The molecule has 1 aromatic carbocycles. The van der Waals surface area contributed by atoms with Crippen molar-refractivity contribution in [3.63, 3.8) is 0 Å². The molecule has 1 aliphatic heterocycles. The molecule has 2 rings (SSSR count). The molecular weight excluding hydrogens is 196 g/mol. The Kier molecular flexibility index (Phi) is 2.57. The summed E-state index contributed by atoms with van der Waals surface area (Å²) in [7, 11) is 0. The molecule has 0 unspecified atom stereocenters. The summed E-state index contributed by atoms with van der Waals surface area (Å²) in [5.41, 5.74) is 9.49. The van der Waals surface area contributed by atoms with Crippen LogP contribution in [0, 0.1) is 27.7 Å². The lowest BCUT2D eigenvalue weighted by atomic mass is 9.87. The number of hydrogen-bond acceptors (Lipinski definition) is 1. The van der Waals surface area contributed by atoms with Crippen LogP contribution in [0.3, 0.4) is 0 Å². The normalized spacial score (nSPS) is 14.9. The smallest absolute Gasteiger partial charge is 0.130 e. The van der Waals surface area contributed by atoms with Gasteiger partial charge in [0.25, 0.3) is 0 Å².